The first-order valence-corrected chi connectivity index (χ1v) is 14.4. The van der Waals surface area contributed by atoms with Gasteiger partial charge in [-0.1, -0.05) is 42.5 Å². The second-order valence-electron chi connectivity index (χ2n) is 10.2. The number of aldehydes is 1. The van der Waals surface area contributed by atoms with Gasteiger partial charge in [-0.25, -0.2) is 0 Å². The molecule has 0 radical (unpaired) electrons. The van der Waals surface area contributed by atoms with Gasteiger partial charge in [0.1, 0.15) is 32.2 Å². The Hall–Kier alpha value is -4.95. The van der Waals surface area contributed by atoms with E-state index >= 15 is 0 Å². The fourth-order valence-corrected chi connectivity index (χ4v) is 4.35. The molecule has 4 rings (SSSR count). The topological polar surface area (TPSA) is 209 Å². The summed E-state index contributed by atoms with van der Waals surface area (Å²) in [6.07, 6.45) is 1.63. The third-order valence-corrected chi connectivity index (χ3v) is 6.87. The molecule has 1 saturated heterocycles. The number of nitrogens with two attached hydrogens (primary N) is 3. The number of hydrogen-bond acceptors (Lipinski definition) is 11. The van der Waals surface area contributed by atoms with Gasteiger partial charge in [-0.3, -0.25) is 29.4 Å². The summed E-state index contributed by atoms with van der Waals surface area (Å²) in [7, 11) is 1.81. The van der Waals surface area contributed by atoms with Gasteiger partial charge in [0.05, 0.1) is 19.2 Å². The van der Waals surface area contributed by atoms with Crippen molar-refractivity contribution in [3.05, 3.63) is 94.5 Å². The molecule has 0 saturated carbocycles. The van der Waals surface area contributed by atoms with Crippen LogP contribution in [0.3, 0.4) is 0 Å². The number of carbonyl (C=O) groups excluding carboxylic acids is 5. The van der Waals surface area contributed by atoms with Crippen molar-refractivity contribution in [2.24, 2.45) is 11.5 Å². The molecule has 1 unspecified atom stereocenters. The first-order chi connectivity index (χ1) is 22.2. The molecule has 1 heterocycles. The maximum atomic E-state index is 11.9. The largest absolute Gasteiger partial charge is 0.489 e. The van der Waals surface area contributed by atoms with E-state index in [-0.39, 0.29) is 37.0 Å². The lowest BCUT2D eigenvalue weighted by Crippen LogP contribution is -2.51. The van der Waals surface area contributed by atoms with Gasteiger partial charge in [-0.2, -0.15) is 0 Å². The van der Waals surface area contributed by atoms with Gasteiger partial charge in [0.15, 0.2) is 0 Å². The van der Waals surface area contributed by atoms with Crippen molar-refractivity contribution in [1.29, 1.82) is 0 Å². The van der Waals surface area contributed by atoms with Crippen molar-refractivity contribution >= 4 is 36.5 Å². The fraction of sp³-hybridized carbons (Fsp3) is 0.303. The van der Waals surface area contributed by atoms with Crippen LogP contribution in [0.5, 0.6) is 5.75 Å². The molecule has 3 aromatic carbocycles. The van der Waals surface area contributed by atoms with Crippen LogP contribution in [0.25, 0.3) is 0 Å². The van der Waals surface area contributed by atoms with Crippen molar-refractivity contribution < 1.29 is 33.4 Å². The Morgan fingerprint density at radius 3 is 2.22 bits per heavy atom. The highest BCUT2D eigenvalue weighted by Crippen LogP contribution is 2.18. The first kappa shape index (κ1) is 37.2. The monoisotopic (exact) mass is 634 g/mol. The Morgan fingerprint density at radius 2 is 1.63 bits per heavy atom. The van der Waals surface area contributed by atoms with Crippen molar-refractivity contribution in [1.82, 2.24) is 15.5 Å². The number of ether oxygens (including phenoxy) is 2. The van der Waals surface area contributed by atoms with E-state index in [9.17, 15) is 19.2 Å². The molecule has 0 aromatic heterocycles. The average molecular weight is 635 g/mol. The van der Waals surface area contributed by atoms with Crippen molar-refractivity contribution in [3.63, 3.8) is 0 Å². The highest BCUT2D eigenvalue weighted by molar-refractivity contribution is 6.00. The van der Waals surface area contributed by atoms with Gasteiger partial charge < -0.3 is 36.8 Å². The molecule has 13 heteroatoms. The molecule has 0 aliphatic carbocycles. The predicted molar refractivity (Wildman–Crippen MR) is 173 cm³/mol. The van der Waals surface area contributed by atoms with Crippen molar-refractivity contribution in [2.75, 3.05) is 26.1 Å². The second-order valence-corrected chi connectivity index (χ2v) is 10.2. The summed E-state index contributed by atoms with van der Waals surface area (Å²) in [5, 5.41) is 4.88. The van der Waals surface area contributed by atoms with Gasteiger partial charge >= 0.3 is 0 Å². The maximum Gasteiger partial charge on any atom is 0.243 e. The summed E-state index contributed by atoms with van der Waals surface area (Å²) >= 11 is 0. The normalized spacial score (nSPS) is 13.8. The number of piperidine rings is 1. The smallest absolute Gasteiger partial charge is 0.243 e. The van der Waals surface area contributed by atoms with Gasteiger partial charge in [0.25, 0.3) is 0 Å². The summed E-state index contributed by atoms with van der Waals surface area (Å²) in [6, 6.07) is 20.3. The Balaban J connectivity index is 0.000000305. The van der Waals surface area contributed by atoms with E-state index < -0.39 is 0 Å². The zero-order valence-electron chi connectivity index (χ0n) is 25.9. The van der Waals surface area contributed by atoms with Gasteiger partial charge in [-0.15, -0.1) is 0 Å². The zero-order valence-corrected chi connectivity index (χ0v) is 25.9. The molecule has 46 heavy (non-hydrogen) atoms. The summed E-state index contributed by atoms with van der Waals surface area (Å²) in [4.78, 5) is 54.9. The number of imide groups is 1. The molecule has 8 N–H and O–H groups in total. The summed E-state index contributed by atoms with van der Waals surface area (Å²) in [5.74, 6) is 0.0298. The van der Waals surface area contributed by atoms with E-state index in [2.05, 4.69) is 10.6 Å². The average Bonchev–Trinajstić information content (AvgIpc) is 3.08. The molecule has 3 amide bonds. The number of nitrogens with zero attached hydrogens (tertiary/aromatic N) is 1. The van der Waals surface area contributed by atoms with E-state index in [1.807, 2.05) is 67.3 Å². The molecule has 3 aromatic rings. The Bertz CT molecular complexity index is 1420. The molecular formula is C33H42N6O7. The van der Waals surface area contributed by atoms with Gasteiger partial charge in [-0.05, 0) is 60.0 Å². The fourth-order valence-electron chi connectivity index (χ4n) is 4.35. The lowest BCUT2D eigenvalue weighted by atomic mass is 10.0. The van der Waals surface area contributed by atoms with Crippen LogP contribution < -0.4 is 32.6 Å². The molecule has 246 valence electrons. The van der Waals surface area contributed by atoms with Gasteiger partial charge in [0, 0.05) is 30.8 Å². The molecule has 1 aliphatic heterocycles. The lowest BCUT2D eigenvalue weighted by molar-refractivity contribution is -0.137. The van der Waals surface area contributed by atoms with Crippen LogP contribution in [0.15, 0.2) is 66.7 Å². The SMILES string of the molecule is C=O.CN(Cc1cc(CN)ccc1C=O)C1CCC(=O)NC1=O.NCC(=O)NCOCc1ccc(COc2ccc(N)cc2)cc1. The van der Waals surface area contributed by atoms with E-state index in [0.29, 0.717) is 50.4 Å². The predicted octanol–water partition coefficient (Wildman–Crippen LogP) is 1.41. The van der Waals surface area contributed by atoms with E-state index in [0.717, 1.165) is 34.3 Å². The van der Waals surface area contributed by atoms with Crippen molar-refractivity contribution in [2.45, 2.75) is 45.2 Å². The van der Waals surface area contributed by atoms with E-state index in [1.165, 1.54) is 0 Å². The standard InChI is InChI=1S/C17H21N3O3.C15H19N3O3.CH2O/c18-9-17(21)20-12-22-10-13-1-3-14(4-2-13)11-23-16-7-5-15(19)6-8-16;1-18(13-4-5-14(20)17-15(13)21)8-12-6-10(7-16)2-3-11(12)9-19;1-2/h1-8H,9-12,18-19H2,(H,20,21);2-3,6,9,13H,4-5,7-8,16H2,1H3,(H,17,20,21);1H2. The van der Waals surface area contributed by atoms with E-state index in [1.54, 1.807) is 18.2 Å². The maximum absolute atomic E-state index is 11.9. The second kappa shape index (κ2) is 20.2. The number of benzene rings is 3. The summed E-state index contributed by atoms with van der Waals surface area (Å²) in [6.45, 7) is 3.87. The molecule has 1 aliphatic rings. The Labute approximate surface area is 268 Å². The molecular weight excluding hydrogens is 592 g/mol. The molecule has 0 bridgehead atoms. The zero-order chi connectivity index (χ0) is 33.9. The third kappa shape index (κ3) is 12.6. The number of carbonyl (C=O) groups is 5. The van der Waals surface area contributed by atoms with E-state index in [4.69, 9.17) is 31.5 Å². The Morgan fingerprint density at radius 1 is 1.00 bits per heavy atom. The van der Waals surface area contributed by atoms with Crippen LogP contribution in [0.2, 0.25) is 0 Å². The Kier molecular flexibility index (Phi) is 16.3. The number of amides is 3. The summed E-state index contributed by atoms with van der Waals surface area (Å²) < 4.78 is 11.0. The molecule has 1 fully saturated rings. The minimum absolute atomic E-state index is 0.0357. The number of hydrogen-bond donors (Lipinski definition) is 5. The van der Waals surface area contributed by atoms with Crippen LogP contribution in [-0.4, -0.2) is 62.1 Å². The van der Waals surface area contributed by atoms with Crippen LogP contribution in [0, 0.1) is 0 Å². The number of rotatable bonds is 13. The van der Waals surface area contributed by atoms with Crippen LogP contribution in [0.4, 0.5) is 5.69 Å². The first-order valence-electron chi connectivity index (χ1n) is 14.4. The third-order valence-electron chi connectivity index (χ3n) is 6.87. The highest BCUT2D eigenvalue weighted by atomic mass is 16.5. The van der Waals surface area contributed by atoms with Crippen LogP contribution in [-0.2, 0) is 50.2 Å². The van der Waals surface area contributed by atoms with Crippen LogP contribution in [0.1, 0.15) is 45.5 Å². The molecule has 13 nitrogen and oxygen atoms in total. The quantitative estimate of drug-likeness (QED) is 0.0597. The summed E-state index contributed by atoms with van der Waals surface area (Å²) in [5.41, 5.74) is 21.6. The van der Waals surface area contributed by atoms with Crippen molar-refractivity contribution in [3.8, 4) is 5.75 Å². The number of nitrogen functional groups attached to an aromatic ring is 1. The highest BCUT2D eigenvalue weighted by Gasteiger charge is 2.30. The molecule has 0 spiro atoms. The van der Waals surface area contributed by atoms with Crippen LogP contribution >= 0.6 is 0 Å². The number of anilines is 1. The number of nitrogens with one attached hydrogen (secondary N) is 2. The number of likely N-dealkylation sites (N-methyl/N-ethyl adjacent to an activating group) is 1. The molecule has 1 atom stereocenters. The minimum atomic E-state index is -0.358. The minimum Gasteiger partial charge on any atom is -0.489 e. The van der Waals surface area contributed by atoms with Gasteiger partial charge in [0.2, 0.25) is 17.7 Å². The lowest BCUT2D eigenvalue weighted by Gasteiger charge is -2.30.